The predicted octanol–water partition coefficient (Wildman–Crippen LogP) is 0.751. The summed E-state index contributed by atoms with van der Waals surface area (Å²) in [4.78, 5) is 36.1. The van der Waals surface area contributed by atoms with Gasteiger partial charge in [0.25, 0.3) is 5.56 Å². The summed E-state index contributed by atoms with van der Waals surface area (Å²) in [6.07, 6.45) is 0. The Balaban J connectivity index is 2.73. The molecule has 0 bridgehead atoms. The molecule has 0 aliphatic heterocycles. The quantitative estimate of drug-likeness (QED) is 0.604. The number of nitrogens with zero attached hydrogens (tertiary/aromatic N) is 2. The molecule has 1 heterocycles. The van der Waals surface area contributed by atoms with Crippen LogP contribution >= 0.6 is 0 Å². The molecule has 0 spiro atoms. The Morgan fingerprint density at radius 3 is 2.30 bits per heavy atom. The van der Waals surface area contributed by atoms with Crippen LogP contribution in [0.25, 0.3) is 21.7 Å². The van der Waals surface area contributed by atoms with Gasteiger partial charge in [0.1, 0.15) is 0 Å². The molecule has 100 valence electrons. The largest absolute Gasteiger partial charge is 0.330 e. The summed E-state index contributed by atoms with van der Waals surface area (Å²) in [5, 5.41) is 1.60. The summed E-state index contributed by atoms with van der Waals surface area (Å²) < 4.78 is 2.44. The third-order valence-electron chi connectivity index (χ3n) is 3.54. The highest BCUT2D eigenvalue weighted by atomic mass is 16.2. The lowest BCUT2D eigenvalue weighted by molar-refractivity contribution is 0.714. The van der Waals surface area contributed by atoms with E-state index in [4.69, 9.17) is 0 Å². The van der Waals surface area contributed by atoms with Crippen molar-refractivity contribution in [2.75, 3.05) is 0 Å². The molecule has 5 nitrogen and oxygen atoms in total. The zero-order chi connectivity index (χ0) is 14.4. The molecule has 2 aromatic carbocycles. The van der Waals surface area contributed by atoms with E-state index in [2.05, 4.69) is 0 Å². The van der Waals surface area contributed by atoms with Crippen LogP contribution in [0.3, 0.4) is 0 Å². The van der Waals surface area contributed by atoms with Gasteiger partial charge in [0.2, 0.25) is 0 Å². The van der Waals surface area contributed by atoms with E-state index in [1.54, 1.807) is 37.4 Å². The molecule has 0 aliphatic rings. The van der Waals surface area contributed by atoms with Gasteiger partial charge in [-0.05, 0) is 23.6 Å². The summed E-state index contributed by atoms with van der Waals surface area (Å²) in [7, 11) is 3.03. The number of aromatic nitrogens is 2. The lowest BCUT2D eigenvalue weighted by atomic mass is 10.1. The molecule has 20 heavy (non-hydrogen) atoms. The van der Waals surface area contributed by atoms with Crippen LogP contribution in [0.5, 0.6) is 0 Å². The van der Waals surface area contributed by atoms with E-state index < -0.39 is 5.69 Å². The van der Waals surface area contributed by atoms with Crippen molar-refractivity contribution in [2.24, 2.45) is 14.1 Å². The molecule has 0 saturated heterocycles. The average Bonchev–Trinajstić information content (AvgIpc) is 2.63. The van der Waals surface area contributed by atoms with Gasteiger partial charge in [-0.25, -0.2) is 4.79 Å². The van der Waals surface area contributed by atoms with E-state index in [0.29, 0.717) is 21.7 Å². The zero-order valence-corrected chi connectivity index (χ0v) is 11.1. The SMILES string of the molecule is Cn1c(=O)c2cc3ccccc(=O)c3cc2n(C)c1=O. The lowest BCUT2D eigenvalue weighted by Crippen LogP contribution is -2.36. The molecule has 1 aromatic heterocycles. The Labute approximate surface area is 113 Å². The summed E-state index contributed by atoms with van der Waals surface area (Å²) in [5.41, 5.74) is -0.438. The van der Waals surface area contributed by atoms with Crippen LogP contribution in [0.15, 0.2) is 50.8 Å². The third-order valence-corrected chi connectivity index (χ3v) is 3.54. The second-order valence-electron chi connectivity index (χ2n) is 4.74. The number of fused-ring (bicyclic) bond motifs is 2. The number of hydrogen-bond donors (Lipinski definition) is 0. The predicted molar refractivity (Wildman–Crippen MR) is 78.2 cm³/mol. The minimum absolute atomic E-state index is 0.139. The maximum Gasteiger partial charge on any atom is 0.330 e. The normalized spacial score (nSPS) is 11.1. The second-order valence-corrected chi connectivity index (χ2v) is 4.74. The van der Waals surface area contributed by atoms with E-state index in [9.17, 15) is 14.4 Å². The van der Waals surface area contributed by atoms with Crippen LogP contribution in [0, 0.1) is 0 Å². The monoisotopic (exact) mass is 268 g/mol. The van der Waals surface area contributed by atoms with Crippen molar-refractivity contribution < 1.29 is 0 Å². The highest BCUT2D eigenvalue weighted by Gasteiger charge is 2.10. The van der Waals surface area contributed by atoms with Gasteiger partial charge in [-0.1, -0.05) is 18.2 Å². The highest BCUT2D eigenvalue weighted by molar-refractivity contribution is 5.95. The Kier molecular flexibility index (Phi) is 2.57. The maximum atomic E-state index is 12.2. The first-order valence-corrected chi connectivity index (χ1v) is 6.13. The summed E-state index contributed by atoms with van der Waals surface area (Å²) in [6, 6.07) is 9.92. The fourth-order valence-electron chi connectivity index (χ4n) is 2.39. The Bertz CT molecular complexity index is 1030. The second kappa shape index (κ2) is 4.16. The van der Waals surface area contributed by atoms with Gasteiger partial charge in [-0.2, -0.15) is 0 Å². The van der Waals surface area contributed by atoms with Crippen molar-refractivity contribution in [1.82, 2.24) is 9.13 Å². The summed E-state index contributed by atoms with van der Waals surface area (Å²) in [6.45, 7) is 0. The standard InChI is InChI=1S/C15H12N2O3/c1-16-12-8-10-9(5-3-4-6-13(10)18)7-11(12)14(19)17(2)15(16)20/h3-8H,1-2H3. The van der Waals surface area contributed by atoms with Gasteiger partial charge in [-0.15, -0.1) is 0 Å². The Morgan fingerprint density at radius 2 is 1.55 bits per heavy atom. The van der Waals surface area contributed by atoms with Crippen molar-refractivity contribution in [3.63, 3.8) is 0 Å². The van der Waals surface area contributed by atoms with Gasteiger partial charge in [0.15, 0.2) is 5.43 Å². The lowest BCUT2D eigenvalue weighted by Gasteiger charge is -2.07. The van der Waals surface area contributed by atoms with Crippen LogP contribution in [0.4, 0.5) is 0 Å². The highest BCUT2D eigenvalue weighted by Crippen LogP contribution is 2.16. The van der Waals surface area contributed by atoms with Crippen molar-refractivity contribution in [3.05, 3.63) is 67.5 Å². The molecular formula is C15H12N2O3. The van der Waals surface area contributed by atoms with Crippen molar-refractivity contribution >= 4 is 21.7 Å². The average molecular weight is 268 g/mol. The number of benzene rings is 1. The van der Waals surface area contributed by atoms with E-state index in [0.717, 1.165) is 4.57 Å². The summed E-state index contributed by atoms with van der Waals surface area (Å²) >= 11 is 0. The molecule has 0 radical (unpaired) electrons. The fourth-order valence-corrected chi connectivity index (χ4v) is 2.39. The van der Waals surface area contributed by atoms with Gasteiger partial charge in [0.05, 0.1) is 10.9 Å². The van der Waals surface area contributed by atoms with Crippen molar-refractivity contribution in [2.45, 2.75) is 0 Å². The first-order chi connectivity index (χ1) is 9.50. The first-order valence-electron chi connectivity index (χ1n) is 6.13. The van der Waals surface area contributed by atoms with Crippen LogP contribution < -0.4 is 16.7 Å². The van der Waals surface area contributed by atoms with E-state index >= 15 is 0 Å². The van der Waals surface area contributed by atoms with Crippen LogP contribution in [0.1, 0.15) is 0 Å². The van der Waals surface area contributed by atoms with E-state index in [1.807, 2.05) is 0 Å². The number of rotatable bonds is 0. The zero-order valence-electron chi connectivity index (χ0n) is 11.1. The molecule has 0 fully saturated rings. The molecule has 0 amide bonds. The third kappa shape index (κ3) is 1.60. The Morgan fingerprint density at radius 1 is 0.850 bits per heavy atom. The molecule has 0 aliphatic carbocycles. The maximum absolute atomic E-state index is 12.2. The first kappa shape index (κ1) is 12.3. The number of hydrogen-bond acceptors (Lipinski definition) is 3. The minimum Gasteiger partial charge on any atom is -0.296 e. The molecule has 5 heteroatoms. The Hall–Kier alpha value is -2.69. The van der Waals surface area contributed by atoms with Gasteiger partial charge in [-0.3, -0.25) is 18.7 Å². The molecule has 0 atom stereocenters. The molecule has 0 unspecified atom stereocenters. The molecule has 0 saturated carbocycles. The van der Waals surface area contributed by atoms with Crippen molar-refractivity contribution in [1.29, 1.82) is 0 Å². The number of aryl methyl sites for hydroxylation is 1. The molecule has 3 rings (SSSR count). The van der Waals surface area contributed by atoms with E-state index in [1.165, 1.54) is 17.7 Å². The molecular weight excluding hydrogens is 256 g/mol. The van der Waals surface area contributed by atoms with Crippen molar-refractivity contribution in [3.8, 4) is 0 Å². The minimum atomic E-state index is -0.408. The van der Waals surface area contributed by atoms with Crippen LogP contribution in [-0.2, 0) is 14.1 Å². The smallest absolute Gasteiger partial charge is 0.296 e. The summed E-state index contributed by atoms with van der Waals surface area (Å²) in [5.74, 6) is 0. The van der Waals surface area contributed by atoms with E-state index in [-0.39, 0.29) is 11.0 Å². The van der Waals surface area contributed by atoms with Gasteiger partial charge < -0.3 is 0 Å². The van der Waals surface area contributed by atoms with Crippen LogP contribution in [0.2, 0.25) is 0 Å². The molecule has 3 aromatic rings. The van der Waals surface area contributed by atoms with Gasteiger partial charge in [0, 0.05) is 19.5 Å². The fraction of sp³-hybridized carbons (Fsp3) is 0.133. The molecule has 0 N–H and O–H groups in total. The van der Waals surface area contributed by atoms with Gasteiger partial charge >= 0.3 is 5.69 Å². The topological polar surface area (TPSA) is 61.1 Å². The van der Waals surface area contributed by atoms with Crippen LogP contribution in [-0.4, -0.2) is 9.13 Å².